The van der Waals surface area contributed by atoms with Crippen LogP contribution < -0.4 is 10.1 Å². The van der Waals surface area contributed by atoms with Crippen molar-refractivity contribution in [3.05, 3.63) is 17.7 Å². The highest BCUT2D eigenvalue weighted by atomic mass is 16.5. The molecule has 0 aliphatic heterocycles. The van der Waals surface area contributed by atoms with Crippen molar-refractivity contribution in [1.82, 2.24) is 20.2 Å². The van der Waals surface area contributed by atoms with Gasteiger partial charge in [-0.15, -0.1) is 0 Å². The van der Waals surface area contributed by atoms with Crippen molar-refractivity contribution < 1.29 is 4.74 Å². The van der Waals surface area contributed by atoms with E-state index in [9.17, 15) is 0 Å². The third kappa shape index (κ3) is 4.58. The van der Waals surface area contributed by atoms with Gasteiger partial charge in [-0.05, 0) is 21.1 Å². The molecule has 0 radical (unpaired) electrons. The molecule has 0 aliphatic rings. The van der Waals surface area contributed by atoms with Crippen LogP contribution in [-0.2, 0) is 6.54 Å². The second kappa shape index (κ2) is 7.28. The Morgan fingerprint density at radius 1 is 1.39 bits per heavy atom. The number of nitrogens with one attached hydrogen (secondary N) is 1. The van der Waals surface area contributed by atoms with Crippen molar-refractivity contribution in [2.45, 2.75) is 26.3 Å². The highest BCUT2D eigenvalue weighted by molar-refractivity contribution is 5.25. The lowest BCUT2D eigenvalue weighted by Gasteiger charge is -2.14. The van der Waals surface area contributed by atoms with Gasteiger partial charge in [0.2, 0.25) is 0 Å². The molecule has 5 heteroatoms. The maximum absolute atomic E-state index is 5.73. The molecule has 0 saturated carbocycles. The average Bonchev–Trinajstić information content (AvgIpc) is 2.30. The van der Waals surface area contributed by atoms with Crippen LogP contribution in [0.25, 0.3) is 0 Å². The Morgan fingerprint density at radius 3 is 2.67 bits per heavy atom. The molecule has 1 aromatic rings. The molecule has 0 bridgehead atoms. The van der Waals surface area contributed by atoms with Gasteiger partial charge in [0.1, 0.15) is 12.4 Å². The zero-order chi connectivity index (χ0) is 13.5. The predicted octanol–water partition coefficient (Wildman–Crippen LogP) is 1.26. The van der Waals surface area contributed by atoms with Crippen LogP contribution >= 0.6 is 0 Å². The third-order valence-electron chi connectivity index (χ3n) is 2.50. The van der Waals surface area contributed by atoms with E-state index >= 15 is 0 Å². The van der Waals surface area contributed by atoms with E-state index in [4.69, 9.17) is 4.74 Å². The summed E-state index contributed by atoms with van der Waals surface area (Å²) in [4.78, 5) is 11.0. The number of nitrogens with zero attached hydrogens (tertiary/aromatic N) is 3. The summed E-state index contributed by atoms with van der Waals surface area (Å²) in [5.74, 6) is 1.97. The molecule has 0 aromatic carbocycles. The van der Waals surface area contributed by atoms with E-state index in [0.29, 0.717) is 19.1 Å². The minimum Gasteiger partial charge on any atom is -0.489 e. The molecule has 1 heterocycles. The van der Waals surface area contributed by atoms with Crippen molar-refractivity contribution in [1.29, 1.82) is 0 Å². The second-order valence-electron chi connectivity index (χ2n) is 4.88. The number of ether oxygens (including phenoxy) is 1. The van der Waals surface area contributed by atoms with Crippen LogP contribution in [0.3, 0.4) is 0 Å². The van der Waals surface area contributed by atoms with Crippen LogP contribution in [0, 0.1) is 0 Å². The number of hydrogen-bond acceptors (Lipinski definition) is 5. The first-order chi connectivity index (χ1) is 8.54. The first kappa shape index (κ1) is 14.9. The van der Waals surface area contributed by atoms with Crippen LogP contribution in [0.4, 0.5) is 0 Å². The molecule has 0 amide bonds. The van der Waals surface area contributed by atoms with Crippen molar-refractivity contribution in [3.63, 3.8) is 0 Å². The summed E-state index contributed by atoms with van der Waals surface area (Å²) in [7, 11) is 5.95. The van der Waals surface area contributed by atoms with E-state index in [1.165, 1.54) is 0 Å². The Labute approximate surface area is 110 Å². The van der Waals surface area contributed by atoms with Gasteiger partial charge in [-0.2, -0.15) is 0 Å². The standard InChI is InChI=1S/C13H24N4O/c1-10(2)13-15-9-12(11(16-13)8-14-3)18-7-6-17(4)5/h9-10,14H,6-8H2,1-5H3. The molecular weight excluding hydrogens is 228 g/mol. The Kier molecular flexibility index (Phi) is 6.01. The predicted molar refractivity (Wildman–Crippen MR) is 72.9 cm³/mol. The summed E-state index contributed by atoms with van der Waals surface area (Å²) in [6.07, 6.45) is 1.78. The smallest absolute Gasteiger partial charge is 0.160 e. The molecule has 1 aromatic heterocycles. The van der Waals surface area contributed by atoms with Crippen LogP contribution in [-0.4, -0.2) is 49.2 Å². The first-order valence-corrected chi connectivity index (χ1v) is 6.32. The fourth-order valence-corrected chi connectivity index (χ4v) is 1.45. The SMILES string of the molecule is CNCc1nc(C(C)C)ncc1OCCN(C)C. The Balaban J connectivity index is 2.76. The molecule has 5 nitrogen and oxygen atoms in total. The quantitative estimate of drug-likeness (QED) is 0.791. The maximum Gasteiger partial charge on any atom is 0.160 e. The van der Waals surface area contributed by atoms with Gasteiger partial charge in [0.15, 0.2) is 5.75 Å². The Bertz CT molecular complexity index is 366. The molecule has 0 fully saturated rings. The fraction of sp³-hybridized carbons (Fsp3) is 0.692. The molecule has 1 rings (SSSR count). The zero-order valence-corrected chi connectivity index (χ0v) is 12.0. The summed E-state index contributed by atoms with van der Waals surface area (Å²) in [6, 6.07) is 0. The maximum atomic E-state index is 5.73. The monoisotopic (exact) mass is 252 g/mol. The lowest BCUT2D eigenvalue weighted by molar-refractivity contribution is 0.257. The van der Waals surface area contributed by atoms with E-state index in [2.05, 4.69) is 34.0 Å². The molecule has 18 heavy (non-hydrogen) atoms. The van der Waals surface area contributed by atoms with E-state index < -0.39 is 0 Å². The minimum atomic E-state index is 0.330. The van der Waals surface area contributed by atoms with Crippen molar-refractivity contribution >= 4 is 0 Å². The van der Waals surface area contributed by atoms with Crippen LogP contribution in [0.15, 0.2) is 6.20 Å². The van der Waals surface area contributed by atoms with Gasteiger partial charge in [-0.1, -0.05) is 13.8 Å². The minimum absolute atomic E-state index is 0.330. The van der Waals surface area contributed by atoms with Gasteiger partial charge in [0.05, 0.1) is 11.9 Å². The molecule has 0 spiro atoms. The lowest BCUT2D eigenvalue weighted by atomic mass is 10.2. The van der Waals surface area contributed by atoms with E-state index in [1.54, 1.807) is 6.20 Å². The van der Waals surface area contributed by atoms with E-state index in [-0.39, 0.29) is 0 Å². The summed E-state index contributed by atoms with van der Waals surface area (Å²) in [6.45, 7) is 6.40. The fourth-order valence-electron chi connectivity index (χ4n) is 1.45. The number of rotatable bonds is 7. The molecule has 0 atom stereocenters. The Morgan fingerprint density at radius 2 is 2.11 bits per heavy atom. The lowest BCUT2D eigenvalue weighted by Crippen LogP contribution is -2.20. The molecule has 0 aliphatic carbocycles. The van der Waals surface area contributed by atoms with Gasteiger partial charge in [0.25, 0.3) is 0 Å². The molecule has 0 unspecified atom stereocenters. The second-order valence-corrected chi connectivity index (χ2v) is 4.88. The van der Waals surface area contributed by atoms with Gasteiger partial charge in [0, 0.05) is 19.0 Å². The summed E-state index contributed by atoms with van der Waals surface area (Å²) in [5.41, 5.74) is 0.926. The molecule has 0 saturated heterocycles. The van der Waals surface area contributed by atoms with E-state index in [0.717, 1.165) is 23.8 Å². The number of aromatic nitrogens is 2. The molecule has 1 N–H and O–H groups in total. The van der Waals surface area contributed by atoms with Gasteiger partial charge < -0.3 is 15.0 Å². The normalized spacial score (nSPS) is 11.3. The topological polar surface area (TPSA) is 50.3 Å². The third-order valence-corrected chi connectivity index (χ3v) is 2.50. The van der Waals surface area contributed by atoms with Gasteiger partial charge in [-0.25, -0.2) is 9.97 Å². The molecular formula is C13H24N4O. The van der Waals surface area contributed by atoms with Crippen molar-refractivity contribution in [2.24, 2.45) is 0 Å². The number of hydrogen-bond donors (Lipinski definition) is 1. The highest BCUT2D eigenvalue weighted by Gasteiger charge is 2.10. The average molecular weight is 252 g/mol. The Hall–Kier alpha value is -1.20. The molecule has 102 valence electrons. The first-order valence-electron chi connectivity index (χ1n) is 6.32. The summed E-state index contributed by atoms with van der Waals surface area (Å²) in [5, 5.41) is 3.11. The van der Waals surface area contributed by atoms with Crippen LogP contribution in [0.2, 0.25) is 0 Å². The van der Waals surface area contributed by atoms with Crippen LogP contribution in [0.5, 0.6) is 5.75 Å². The highest BCUT2D eigenvalue weighted by Crippen LogP contribution is 2.18. The zero-order valence-electron chi connectivity index (χ0n) is 12.0. The van der Waals surface area contributed by atoms with Crippen molar-refractivity contribution in [3.8, 4) is 5.75 Å². The van der Waals surface area contributed by atoms with Gasteiger partial charge in [-0.3, -0.25) is 0 Å². The van der Waals surface area contributed by atoms with Crippen LogP contribution in [0.1, 0.15) is 31.3 Å². The number of likely N-dealkylation sites (N-methyl/N-ethyl adjacent to an activating group) is 1. The van der Waals surface area contributed by atoms with E-state index in [1.807, 2.05) is 21.1 Å². The van der Waals surface area contributed by atoms with Crippen molar-refractivity contribution in [2.75, 3.05) is 34.3 Å². The largest absolute Gasteiger partial charge is 0.489 e. The summed E-state index contributed by atoms with van der Waals surface area (Å²) >= 11 is 0. The summed E-state index contributed by atoms with van der Waals surface area (Å²) < 4.78 is 5.73. The van der Waals surface area contributed by atoms with Gasteiger partial charge >= 0.3 is 0 Å².